The third kappa shape index (κ3) is 6.20. The Morgan fingerprint density at radius 2 is 1.91 bits per heavy atom. The molecule has 1 unspecified atom stereocenters. The van der Waals surface area contributed by atoms with Crippen molar-refractivity contribution in [2.24, 2.45) is 0 Å². The highest BCUT2D eigenvalue weighted by Crippen LogP contribution is 2.45. The summed E-state index contributed by atoms with van der Waals surface area (Å²) in [4.78, 5) is 30.8. The molecule has 0 aliphatic heterocycles. The summed E-state index contributed by atoms with van der Waals surface area (Å²) in [6, 6.07) is 10.7. The molecule has 2 aromatic heterocycles. The average molecular weight is 511 g/mol. The van der Waals surface area contributed by atoms with E-state index >= 15 is 0 Å². The predicted molar refractivity (Wildman–Crippen MR) is 129 cm³/mol. The Balaban J connectivity index is 1.87. The fraction of sp³-hybridized carbons (Fsp3) is 0.238. The fourth-order valence-electron chi connectivity index (χ4n) is 2.89. The standard InChI is InChI=1S/C21H20Cl2N4O3S2/c1-26(2)9-8-16(13-6-4-3-5-7-13)25-20(28)18-10-17(27(29)30)21(31-18)32-19-14(22)11-24-12-15(19)23/h3-7,10-12,16H,8-9H2,1-2H3,(H,25,28). The van der Waals surface area contributed by atoms with Gasteiger partial charge in [-0.25, -0.2) is 0 Å². The van der Waals surface area contributed by atoms with Crippen LogP contribution in [0.2, 0.25) is 10.0 Å². The van der Waals surface area contributed by atoms with Gasteiger partial charge in [0.25, 0.3) is 11.6 Å². The maximum Gasteiger partial charge on any atom is 0.294 e. The molecule has 3 aromatic rings. The summed E-state index contributed by atoms with van der Waals surface area (Å²) in [5.41, 5.74) is 0.803. The van der Waals surface area contributed by atoms with Crippen LogP contribution in [0.3, 0.4) is 0 Å². The summed E-state index contributed by atoms with van der Waals surface area (Å²) in [5.74, 6) is -0.371. The fourth-order valence-corrected chi connectivity index (χ4v) is 5.66. The van der Waals surface area contributed by atoms with Crippen molar-refractivity contribution in [1.29, 1.82) is 0 Å². The van der Waals surface area contributed by atoms with E-state index in [-0.39, 0.29) is 32.6 Å². The van der Waals surface area contributed by atoms with Gasteiger partial charge < -0.3 is 10.2 Å². The zero-order valence-corrected chi connectivity index (χ0v) is 20.4. The number of nitro groups is 1. The minimum absolute atomic E-state index is 0.168. The third-order valence-corrected chi connectivity index (χ3v) is 7.73. The van der Waals surface area contributed by atoms with Crippen LogP contribution in [0.1, 0.15) is 27.7 Å². The number of hydrogen-bond donors (Lipinski definition) is 1. The molecular weight excluding hydrogens is 491 g/mol. The molecule has 3 rings (SSSR count). The molecule has 2 heterocycles. The maximum atomic E-state index is 13.0. The van der Waals surface area contributed by atoms with Crippen molar-refractivity contribution in [3.63, 3.8) is 0 Å². The normalized spacial score (nSPS) is 12.0. The van der Waals surface area contributed by atoms with Gasteiger partial charge in [-0.15, -0.1) is 11.3 Å². The lowest BCUT2D eigenvalue weighted by molar-refractivity contribution is -0.387. The highest BCUT2D eigenvalue weighted by molar-refractivity contribution is 8.01. The molecule has 0 saturated carbocycles. The Kier molecular flexibility index (Phi) is 8.50. The van der Waals surface area contributed by atoms with Gasteiger partial charge in [0, 0.05) is 18.5 Å². The van der Waals surface area contributed by atoms with Gasteiger partial charge in [0.2, 0.25) is 0 Å². The minimum Gasteiger partial charge on any atom is -0.344 e. The SMILES string of the molecule is CN(C)CCC(NC(=O)c1cc([N+](=O)[O-])c(Sc2c(Cl)cncc2Cl)s1)c1ccccc1. The van der Waals surface area contributed by atoms with Crippen molar-refractivity contribution >= 4 is 57.9 Å². The van der Waals surface area contributed by atoms with E-state index in [9.17, 15) is 14.9 Å². The topological polar surface area (TPSA) is 88.4 Å². The number of pyridine rings is 1. The van der Waals surface area contributed by atoms with Crippen molar-refractivity contribution in [2.45, 2.75) is 21.6 Å². The molecule has 1 atom stereocenters. The highest BCUT2D eigenvalue weighted by Gasteiger charge is 2.26. The minimum atomic E-state index is -0.515. The average Bonchev–Trinajstić information content (AvgIpc) is 3.18. The lowest BCUT2D eigenvalue weighted by atomic mass is 10.0. The number of amides is 1. The van der Waals surface area contributed by atoms with E-state index in [1.165, 1.54) is 18.5 Å². The van der Waals surface area contributed by atoms with Gasteiger partial charge in [0.15, 0.2) is 0 Å². The molecule has 7 nitrogen and oxygen atoms in total. The third-order valence-electron chi connectivity index (χ3n) is 4.48. The van der Waals surface area contributed by atoms with E-state index in [4.69, 9.17) is 23.2 Å². The summed E-state index contributed by atoms with van der Waals surface area (Å²) < 4.78 is 0.319. The lowest BCUT2D eigenvalue weighted by Gasteiger charge is -2.21. The number of nitrogens with one attached hydrogen (secondary N) is 1. The number of halogens is 2. The van der Waals surface area contributed by atoms with Crippen LogP contribution in [0.5, 0.6) is 0 Å². The van der Waals surface area contributed by atoms with Crippen LogP contribution in [-0.4, -0.2) is 41.4 Å². The van der Waals surface area contributed by atoms with Gasteiger partial charge in [-0.2, -0.15) is 0 Å². The quantitative estimate of drug-likeness (QED) is 0.283. The molecule has 32 heavy (non-hydrogen) atoms. The highest BCUT2D eigenvalue weighted by atomic mass is 35.5. The summed E-state index contributed by atoms with van der Waals surface area (Å²) in [6.45, 7) is 0.768. The van der Waals surface area contributed by atoms with Gasteiger partial charge in [-0.1, -0.05) is 65.3 Å². The summed E-state index contributed by atoms with van der Waals surface area (Å²) >= 11 is 14.4. The molecule has 0 spiro atoms. The molecule has 0 aliphatic rings. The van der Waals surface area contributed by atoms with Crippen molar-refractivity contribution in [3.8, 4) is 0 Å². The Morgan fingerprint density at radius 3 is 2.50 bits per heavy atom. The van der Waals surface area contributed by atoms with Gasteiger partial charge >= 0.3 is 0 Å². The molecule has 11 heteroatoms. The zero-order chi connectivity index (χ0) is 23.3. The van der Waals surface area contributed by atoms with Crippen LogP contribution in [0.15, 0.2) is 57.9 Å². The molecule has 0 radical (unpaired) electrons. The Labute approximate surface area is 203 Å². The van der Waals surface area contributed by atoms with E-state index in [1.807, 2.05) is 49.3 Å². The van der Waals surface area contributed by atoms with Gasteiger partial charge in [0.1, 0.15) is 9.09 Å². The largest absolute Gasteiger partial charge is 0.344 e. The second-order valence-corrected chi connectivity index (χ2v) is 10.2. The molecule has 0 saturated heterocycles. The first-order valence-corrected chi connectivity index (χ1v) is 11.9. The molecule has 1 N–H and O–H groups in total. The van der Waals surface area contributed by atoms with Crippen molar-refractivity contribution < 1.29 is 9.72 Å². The zero-order valence-electron chi connectivity index (χ0n) is 17.2. The molecule has 0 aliphatic carbocycles. The first kappa shape index (κ1) is 24.5. The second kappa shape index (κ2) is 11.1. The molecule has 168 valence electrons. The Morgan fingerprint density at radius 1 is 1.25 bits per heavy atom. The lowest BCUT2D eigenvalue weighted by Crippen LogP contribution is -2.30. The van der Waals surface area contributed by atoms with Crippen LogP contribution in [0.25, 0.3) is 0 Å². The first-order valence-electron chi connectivity index (χ1n) is 9.52. The Hall–Kier alpha value is -2.17. The van der Waals surface area contributed by atoms with Crippen LogP contribution in [-0.2, 0) is 0 Å². The van der Waals surface area contributed by atoms with Crippen LogP contribution < -0.4 is 5.32 Å². The summed E-state index contributed by atoms with van der Waals surface area (Å²) in [6.07, 6.45) is 3.52. The molecule has 0 bridgehead atoms. The molecule has 1 amide bonds. The molecule has 0 fully saturated rings. The predicted octanol–water partition coefficient (Wildman–Crippen LogP) is 5.93. The van der Waals surface area contributed by atoms with E-state index < -0.39 is 4.92 Å². The van der Waals surface area contributed by atoms with E-state index in [0.29, 0.717) is 15.5 Å². The maximum absolute atomic E-state index is 13.0. The molecule has 1 aromatic carbocycles. The van der Waals surface area contributed by atoms with E-state index in [0.717, 1.165) is 35.2 Å². The summed E-state index contributed by atoms with van der Waals surface area (Å²) in [5, 5.41) is 15.2. The first-order chi connectivity index (χ1) is 15.3. The second-order valence-electron chi connectivity index (χ2n) is 7.10. The van der Waals surface area contributed by atoms with Gasteiger partial charge in [-0.05, 0) is 32.6 Å². The molecular formula is C21H20Cl2N4O3S2. The van der Waals surface area contributed by atoms with E-state index in [2.05, 4.69) is 10.3 Å². The number of aromatic nitrogens is 1. The monoisotopic (exact) mass is 510 g/mol. The van der Waals surface area contributed by atoms with Gasteiger partial charge in [0.05, 0.1) is 25.9 Å². The van der Waals surface area contributed by atoms with E-state index in [1.54, 1.807) is 0 Å². The van der Waals surface area contributed by atoms with Crippen LogP contribution in [0, 0.1) is 10.1 Å². The van der Waals surface area contributed by atoms with Gasteiger partial charge in [-0.3, -0.25) is 19.9 Å². The number of hydrogen-bond acceptors (Lipinski definition) is 7. The Bertz CT molecular complexity index is 1090. The van der Waals surface area contributed by atoms with Crippen LogP contribution in [0.4, 0.5) is 5.69 Å². The smallest absolute Gasteiger partial charge is 0.294 e. The van der Waals surface area contributed by atoms with Crippen molar-refractivity contribution in [3.05, 3.63) is 79.4 Å². The number of rotatable bonds is 9. The van der Waals surface area contributed by atoms with Crippen molar-refractivity contribution in [1.82, 2.24) is 15.2 Å². The number of carbonyl (C=O) groups is 1. The number of carbonyl (C=O) groups excluding carboxylic acids is 1. The number of nitrogens with zero attached hydrogens (tertiary/aromatic N) is 3. The number of thiophene rings is 1. The van der Waals surface area contributed by atoms with Crippen molar-refractivity contribution in [2.75, 3.05) is 20.6 Å². The summed E-state index contributed by atoms with van der Waals surface area (Å²) in [7, 11) is 3.93. The number of benzene rings is 1. The van der Waals surface area contributed by atoms with Crippen LogP contribution >= 0.6 is 46.3 Å².